The summed E-state index contributed by atoms with van der Waals surface area (Å²) in [5, 5.41) is 0. The minimum absolute atomic E-state index is 0.193. The first-order valence-electron chi connectivity index (χ1n) is 13.4. The van der Waals surface area contributed by atoms with Gasteiger partial charge in [0.25, 0.3) is 0 Å². The lowest BCUT2D eigenvalue weighted by Gasteiger charge is -2.37. The first-order valence-corrected chi connectivity index (χ1v) is 13.4. The van der Waals surface area contributed by atoms with E-state index >= 15 is 0 Å². The maximum absolute atomic E-state index is 14.5. The van der Waals surface area contributed by atoms with E-state index in [-0.39, 0.29) is 17.9 Å². The highest BCUT2D eigenvalue weighted by atomic mass is 16.5. The molecular formula is C33H36N2O2. The third kappa shape index (κ3) is 5.96. The molecular weight excluding hydrogens is 456 g/mol. The zero-order valence-corrected chi connectivity index (χ0v) is 21.6. The minimum atomic E-state index is -0.314. The Bertz CT molecular complexity index is 1240. The van der Waals surface area contributed by atoms with Crippen molar-refractivity contribution in [1.82, 2.24) is 9.47 Å². The van der Waals surface area contributed by atoms with Gasteiger partial charge in [-0.05, 0) is 53.8 Å². The third-order valence-corrected chi connectivity index (χ3v) is 7.55. The molecule has 37 heavy (non-hydrogen) atoms. The Morgan fingerprint density at radius 2 is 1.54 bits per heavy atom. The Kier molecular flexibility index (Phi) is 8.05. The van der Waals surface area contributed by atoms with E-state index in [4.69, 9.17) is 4.74 Å². The highest BCUT2D eigenvalue weighted by Crippen LogP contribution is 2.32. The van der Waals surface area contributed by atoms with Gasteiger partial charge < -0.3 is 14.2 Å². The Balaban J connectivity index is 1.47. The van der Waals surface area contributed by atoms with Crippen LogP contribution in [0.15, 0.2) is 103 Å². The summed E-state index contributed by atoms with van der Waals surface area (Å²) in [4.78, 5) is 16.7. The van der Waals surface area contributed by atoms with Crippen molar-refractivity contribution in [2.75, 3.05) is 7.11 Å². The van der Waals surface area contributed by atoms with Crippen molar-refractivity contribution >= 4 is 5.91 Å². The average molecular weight is 493 g/mol. The second kappa shape index (κ2) is 12.0. The summed E-state index contributed by atoms with van der Waals surface area (Å²) < 4.78 is 7.69. The molecule has 1 fully saturated rings. The van der Waals surface area contributed by atoms with Gasteiger partial charge in [0.05, 0.1) is 19.6 Å². The lowest BCUT2D eigenvalue weighted by Crippen LogP contribution is -2.44. The molecule has 0 saturated heterocycles. The van der Waals surface area contributed by atoms with Gasteiger partial charge in [-0.1, -0.05) is 92.1 Å². The number of amides is 1. The van der Waals surface area contributed by atoms with E-state index in [9.17, 15) is 4.79 Å². The third-order valence-electron chi connectivity index (χ3n) is 7.55. The molecule has 0 aliphatic heterocycles. The van der Waals surface area contributed by atoms with Gasteiger partial charge in [-0.3, -0.25) is 4.79 Å². The Morgan fingerprint density at radius 1 is 0.865 bits per heavy atom. The number of benzene rings is 3. The van der Waals surface area contributed by atoms with Crippen molar-refractivity contribution in [3.05, 3.63) is 126 Å². The van der Waals surface area contributed by atoms with Crippen molar-refractivity contribution in [3.63, 3.8) is 0 Å². The van der Waals surface area contributed by atoms with Crippen LogP contribution in [0.4, 0.5) is 0 Å². The van der Waals surface area contributed by atoms with Crippen LogP contribution in [0.5, 0.6) is 5.75 Å². The summed E-state index contributed by atoms with van der Waals surface area (Å²) in [6.07, 6.45) is 7.87. The van der Waals surface area contributed by atoms with Gasteiger partial charge in [0, 0.05) is 24.5 Å². The molecule has 190 valence electrons. The van der Waals surface area contributed by atoms with E-state index in [0.29, 0.717) is 6.54 Å². The number of methoxy groups -OCH3 is 1. The monoisotopic (exact) mass is 492 g/mol. The zero-order chi connectivity index (χ0) is 25.5. The van der Waals surface area contributed by atoms with Crippen LogP contribution in [-0.2, 0) is 17.9 Å². The van der Waals surface area contributed by atoms with Crippen LogP contribution in [-0.4, -0.2) is 28.5 Å². The zero-order valence-electron chi connectivity index (χ0n) is 21.6. The van der Waals surface area contributed by atoms with Crippen molar-refractivity contribution in [1.29, 1.82) is 0 Å². The van der Waals surface area contributed by atoms with Crippen molar-refractivity contribution < 1.29 is 9.53 Å². The summed E-state index contributed by atoms with van der Waals surface area (Å²) in [5.41, 5.74) is 4.43. The normalized spacial score (nSPS) is 14.0. The van der Waals surface area contributed by atoms with Crippen LogP contribution in [0.1, 0.15) is 60.4 Å². The average Bonchev–Trinajstić information content (AvgIpc) is 3.40. The summed E-state index contributed by atoms with van der Waals surface area (Å²) >= 11 is 0. The summed E-state index contributed by atoms with van der Waals surface area (Å²) in [6, 6.07) is 33.2. The number of hydrogen-bond donors (Lipinski definition) is 0. The topological polar surface area (TPSA) is 34.5 Å². The lowest BCUT2D eigenvalue weighted by atomic mass is 9.87. The van der Waals surface area contributed by atoms with Crippen LogP contribution in [0.25, 0.3) is 0 Å². The maximum Gasteiger partial charge on any atom is 0.235 e. The molecule has 1 aliphatic rings. The molecule has 1 saturated carbocycles. The number of carbonyl (C=O) groups excluding carboxylic acids is 1. The van der Waals surface area contributed by atoms with Crippen molar-refractivity contribution in [2.45, 2.75) is 57.2 Å². The number of carbonyl (C=O) groups is 1. The second-order valence-electron chi connectivity index (χ2n) is 9.99. The Hall–Kier alpha value is -3.79. The quantitative estimate of drug-likeness (QED) is 0.251. The van der Waals surface area contributed by atoms with E-state index in [1.54, 1.807) is 7.11 Å². The Morgan fingerprint density at radius 3 is 2.19 bits per heavy atom. The van der Waals surface area contributed by atoms with Crippen molar-refractivity contribution in [3.8, 4) is 5.75 Å². The van der Waals surface area contributed by atoms with E-state index in [1.807, 2.05) is 48.5 Å². The van der Waals surface area contributed by atoms with Crippen LogP contribution < -0.4 is 4.74 Å². The predicted octanol–water partition coefficient (Wildman–Crippen LogP) is 7.04. The first-order chi connectivity index (χ1) is 18.2. The number of rotatable bonds is 9. The van der Waals surface area contributed by atoms with Crippen LogP contribution >= 0.6 is 0 Å². The fourth-order valence-corrected chi connectivity index (χ4v) is 5.60. The molecule has 1 aliphatic carbocycles. The van der Waals surface area contributed by atoms with Gasteiger partial charge in [0.15, 0.2) is 0 Å². The van der Waals surface area contributed by atoms with Crippen LogP contribution in [0.3, 0.4) is 0 Å². The number of ether oxygens (including phenoxy) is 1. The fourth-order valence-electron chi connectivity index (χ4n) is 5.60. The van der Waals surface area contributed by atoms with Gasteiger partial charge in [0.1, 0.15) is 5.75 Å². The molecule has 1 amide bonds. The molecule has 0 radical (unpaired) electrons. The van der Waals surface area contributed by atoms with E-state index in [2.05, 4.69) is 64.2 Å². The van der Waals surface area contributed by atoms with E-state index in [0.717, 1.165) is 42.0 Å². The highest BCUT2D eigenvalue weighted by Gasteiger charge is 2.33. The lowest BCUT2D eigenvalue weighted by molar-refractivity contribution is -0.135. The number of nitrogens with zero attached hydrogens (tertiary/aromatic N) is 2. The molecule has 0 atom stereocenters. The number of aromatic nitrogens is 1. The standard InChI is InChI=1S/C33H36N2O2/c1-37-31-21-11-13-26(23-31)24-34-22-12-20-30(34)25-35(29-18-9-4-10-19-29)33(36)32(27-14-5-2-6-15-27)28-16-7-3-8-17-28/h2-3,5-8,11-17,20-23,29,32H,4,9-10,18-19,24-25H2,1H3. The fraction of sp³-hybridized carbons (Fsp3) is 0.303. The second-order valence-corrected chi connectivity index (χ2v) is 9.99. The summed E-state index contributed by atoms with van der Waals surface area (Å²) in [6.45, 7) is 1.35. The van der Waals surface area contributed by atoms with Gasteiger partial charge in [0.2, 0.25) is 5.91 Å². The molecule has 4 heteroatoms. The summed E-state index contributed by atoms with van der Waals surface area (Å²) in [5.74, 6) is 0.739. The molecule has 0 unspecified atom stereocenters. The molecule has 0 bridgehead atoms. The van der Waals surface area contributed by atoms with Gasteiger partial charge in [-0.25, -0.2) is 0 Å². The predicted molar refractivity (Wildman–Crippen MR) is 149 cm³/mol. The molecule has 0 N–H and O–H groups in total. The summed E-state index contributed by atoms with van der Waals surface area (Å²) in [7, 11) is 1.70. The largest absolute Gasteiger partial charge is 0.497 e. The molecule has 5 rings (SSSR count). The van der Waals surface area contributed by atoms with Crippen molar-refractivity contribution in [2.24, 2.45) is 0 Å². The SMILES string of the molecule is COc1cccc(Cn2cccc2CN(C(=O)C(c2ccccc2)c2ccccc2)C2CCCCC2)c1. The molecule has 4 nitrogen and oxygen atoms in total. The van der Waals surface area contributed by atoms with Gasteiger partial charge in [-0.15, -0.1) is 0 Å². The maximum atomic E-state index is 14.5. The molecule has 3 aromatic carbocycles. The molecule has 0 spiro atoms. The van der Waals surface area contributed by atoms with Crippen LogP contribution in [0.2, 0.25) is 0 Å². The van der Waals surface area contributed by atoms with E-state index < -0.39 is 0 Å². The molecule has 1 heterocycles. The minimum Gasteiger partial charge on any atom is -0.497 e. The first kappa shape index (κ1) is 24.9. The number of hydrogen-bond acceptors (Lipinski definition) is 2. The molecule has 4 aromatic rings. The smallest absolute Gasteiger partial charge is 0.235 e. The molecule has 1 aromatic heterocycles. The van der Waals surface area contributed by atoms with Gasteiger partial charge >= 0.3 is 0 Å². The van der Waals surface area contributed by atoms with Crippen LogP contribution in [0, 0.1) is 0 Å². The Labute approximate surface area is 220 Å². The highest BCUT2D eigenvalue weighted by molar-refractivity contribution is 5.87. The van der Waals surface area contributed by atoms with Gasteiger partial charge in [-0.2, -0.15) is 0 Å². The van der Waals surface area contributed by atoms with E-state index in [1.165, 1.54) is 24.8 Å².